The summed E-state index contributed by atoms with van der Waals surface area (Å²) < 4.78 is 0. The Balaban J connectivity index is 1.96. The molecular weight excluding hydrogens is 250 g/mol. The number of carbonyl (C=O) groups is 1. The van der Waals surface area contributed by atoms with Crippen LogP contribution >= 0.6 is 0 Å². The van der Waals surface area contributed by atoms with Gasteiger partial charge in [-0.3, -0.25) is 4.79 Å². The van der Waals surface area contributed by atoms with Gasteiger partial charge in [0.05, 0.1) is 11.9 Å². The first-order valence-corrected chi connectivity index (χ1v) is 7.21. The smallest absolute Gasteiger partial charge is 0.248 e. The van der Waals surface area contributed by atoms with Crippen molar-refractivity contribution in [2.45, 2.75) is 33.6 Å². The second kappa shape index (κ2) is 6.55. The first-order chi connectivity index (χ1) is 9.54. The van der Waals surface area contributed by atoms with Crippen LogP contribution in [0.15, 0.2) is 30.0 Å². The van der Waals surface area contributed by atoms with Crippen molar-refractivity contribution in [1.29, 1.82) is 0 Å². The molecule has 0 spiro atoms. The average Bonchev–Trinajstić information content (AvgIpc) is 2.39. The third-order valence-corrected chi connectivity index (χ3v) is 3.54. The number of nitrogens with zero attached hydrogens (tertiary/aromatic N) is 2. The van der Waals surface area contributed by atoms with E-state index >= 15 is 0 Å². The normalized spacial score (nSPS) is 15.8. The molecule has 1 aromatic heterocycles. The van der Waals surface area contributed by atoms with Crippen LogP contribution in [0.3, 0.4) is 0 Å². The Hall–Kier alpha value is -1.84. The van der Waals surface area contributed by atoms with Crippen molar-refractivity contribution in [3.05, 3.63) is 30.0 Å². The van der Waals surface area contributed by atoms with Gasteiger partial charge in [-0.1, -0.05) is 12.5 Å². The monoisotopic (exact) mass is 273 g/mol. The minimum Gasteiger partial charge on any atom is -0.357 e. The van der Waals surface area contributed by atoms with Crippen LogP contribution in [0, 0.1) is 5.92 Å². The van der Waals surface area contributed by atoms with Crippen molar-refractivity contribution >= 4 is 17.4 Å². The molecule has 1 aromatic rings. The van der Waals surface area contributed by atoms with E-state index < -0.39 is 0 Å². The molecule has 1 aliphatic rings. The molecule has 1 N–H and O–H groups in total. The lowest BCUT2D eigenvalue weighted by molar-refractivity contribution is -0.111. The summed E-state index contributed by atoms with van der Waals surface area (Å²) in [7, 11) is 0. The maximum Gasteiger partial charge on any atom is 0.248 e. The zero-order valence-corrected chi connectivity index (χ0v) is 12.5. The van der Waals surface area contributed by atoms with E-state index in [-0.39, 0.29) is 5.91 Å². The highest BCUT2D eigenvalue weighted by molar-refractivity contribution is 5.99. The minimum absolute atomic E-state index is 0.105. The molecule has 1 amide bonds. The van der Waals surface area contributed by atoms with E-state index in [0.29, 0.717) is 0 Å². The summed E-state index contributed by atoms with van der Waals surface area (Å²) in [5.74, 6) is 1.71. The van der Waals surface area contributed by atoms with Crippen LogP contribution in [-0.2, 0) is 4.79 Å². The first kappa shape index (κ1) is 14.6. The van der Waals surface area contributed by atoms with E-state index in [0.717, 1.165) is 36.1 Å². The average molecular weight is 273 g/mol. The summed E-state index contributed by atoms with van der Waals surface area (Å²) in [6, 6.07) is 3.89. The topological polar surface area (TPSA) is 45.2 Å². The Bertz CT molecular complexity index is 481. The number of nitrogens with one attached hydrogen (secondary N) is 1. The summed E-state index contributed by atoms with van der Waals surface area (Å²) in [6.45, 7) is 8.23. The van der Waals surface area contributed by atoms with Crippen LogP contribution in [0.2, 0.25) is 0 Å². The van der Waals surface area contributed by atoms with Gasteiger partial charge in [0.1, 0.15) is 5.82 Å². The Morgan fingerprint density at radius 1 is 1.35 bits per heavy atom. The highest BCUT2D eigenvalue weighted by Gasteiger charge is 2.16. The largest absolute Gasteiger partial charge is 0.357 e. The molecule has 2 rings (SSSR count). The van der Waals surface area contributed by atoms with Gasteiger partial charge in [0.25, 0.3) is 0 Å². The predicted molar refractivity (Wildman–Crippen MR) is 82.9 cm³/mol. The molecule has 4 nitrogen and oxygen atoms in total. The van der Waals surface area contributed by atoms with E-state index in [1.165, 1.54) is 12.8 Å². The third kappa shape index (κ3) is 4.08. The van der Waals surface area contributed by atoms with Crippen molar-refractivity contribution in [1.82, 2.24) is 4.98 Å². The first-order valence-electron chi connectivity index (χ1n) is 7.21. The molecule has 0 aliphatic carbocycles. The second-order valence-electron chi connectivity index (χ2n) is 5.79. The quantitative estimate of drug-likeness (QED) is 0.860. The van der Waals surface area contributed by atoms with Crippen LogP contribution in [0.25, 0.3) is 0 Å². The van der Waals surface area contributed by atoms with Gasteiger partial charge in [0, 0.05) is 19.2 Å². The molecule has 1 fully saturated rings. The van der Waals surface area contributed by atoms with Gasteiger partial charge in [0.2, 0.25) is 5.91 Å². The van der Waals surface area contributed by atoms with Crippen LogP contribution in [-0.4, -0.2) is 24.0 Å². The molecule has 0 radical (unpaired) electrons. The molecule has 20 heavy (non-hydrogen) atoms. The fourth-order valence-electron chi connectivity index (χ4n) is 2.33. The number of hydrogen-bond acceptors (Lipinski definition) is 3. The van der Waals surface area contributed by atoms with Crippen molar-refractivity contribution < 1.29 is 4.79 Å². The molecule has 0 aromatic carbocycles. The summed E-state index contributed by atoms with van der Waals surface area (Å²) in [5, 5.41) is 2.81. The second-order valence-corrected chi connectivity index (χ2v) is 5.79. The molecule has 0 bridgehead atoms. The predicted octanol–water partition coefficient (Wildman–Crippen LogP) is 3.22. The van der Waals surface area contributed by atoms with Gasteiger partial charge in [-0.2, -0.15) is 0 Å². The van der Waals surface area contributed by atoms with Gasteiger partial charge < -0.3 is 10.2 Å². The van der Waals surface area contributed by atoms with Gasteiger partial charge in [0.15, 0.2) is 0 Å². The summed E-state index contributed by atoms with van der Waals surface area (Å²) in [5.41, 5.74) is 1.72. The molecule has 4 heteroatoms. The van der Waals surface area contributed by atoms with E-state index in [2.05, 4.69) is 22.1 Å². The number of carbonyl (C=O) groups excluding carboxylic acids is 1. The standard InChI is InChI=1S/C16H23N3O/c1-12(2)10-16(20)18-14-4-5-15(17-11-14)19-8-6-13(3)7-9-19/h4-5,10-11,13H,6-9H2,1-3H3,(H,18,20). The molecule has 1 saturated heterocycles. The number of rotatable bonds is 3. The Kier molecular flexibility index (Phi) is 4.77. The fourth-order valence-corrected chi connectivity index (χ4v) is 2.33. The summed E-state index contributed by atoms with van der Waals surface area (Å²) >= 11 is 0. The minimum atomic E-state index is -0.105. The van der Waals surface area contributed by atoms with E-state index in [9.17, 15) is 4.79 Å². The lowest BCUT2D eigenvalue weighted by Gasteiger charge is -2.31. The molecule has 1 aliphatic heterocycles. The zero-order valence-electron chi connectivity index (χ0n) is 12.5. The Morgan fingerprint density at radius 2 is 2.05 bits per heavy atom. The number of allylic oxidation sites excluding steroid dienone is 1. The Morgan fingerprint density at radius 3 is 2.60 bits per heavy atom. The highest BCUT2D eigenvalue weighted by Crippen LogP contribution is 2.22. The number of pyridine rings is 1. The number of piperidine rings is 1. The maximum atomic E-state index is 11.6. The molecule has 108 valence electrons. The fraction of sp³-hybridized carbons (Fsp3) is 0.500. The summed E-state index contributed by atoms with van der Waals surface area (Å²) in [4.78, 5) is 18.4. The molecular formula is C16H23N3O. The van der Waals surface area contributed by atoms with Crippen LogP contribution in [0.1, 0.15) is 33.6 Å². The molecule has 0 saturated carbocycles. The molecule has 0 unspecified atom stereocenters. The molecule has 0 atom stereocenters. The van der Waals surface area contributed by atoms with Gasteiger partial charge in [-0.05, 0) is 44.7 Å². The van der Waals surface area contributed by atoms with E-state index in [1.54, 1.807) is 12.3 Å². The van der Waals surface area contributed by atoms with Crippen LogP contribution in [0.4, 0.5) is 11.5 Å². The van der Waals surface area contributed by atoms with Crippen molar-refractivity contribution in [3.8, 4) is 0 Å². The van der Waals surface area contributed by atoms with Crippen molar-refractivity contribution in [2.75, 3.05) is 23.3 Å². The highest BCUT2D eigenvalue weighted by atomic mass is 16.1. The molecule has 2 heterocycles. The number of hydrogen-bond donors (Lipinski definition) is 1. The number of anilines is 2. The van der Waals surface area contributed by atoms with Crippen molar-refractivity contribution in [2.24, 2.45) is 5.92 Å². The van der Waals surface area contributed by atoms with E-state index in [1.807, 2.05) is 26.0 Å². The van der Waals surface area contributed by atoms with Crippen LogP contribution < -0.4 is 10.2 Å². The number of aromatic nitrogens is 1. The van der Waals surface area contributed by atoms with Crippen LogP contribution in [0.5, 0.6) is 0 Å². The van der Waals surface area contributed by atoms with Crippen molar-refractivity contribution in [3.63, 3.8) is 0 Å². The zero-order chi connectivity index (χ0) is 14.5. The van der Waals surface area contributed by atoms with Gasteiger partial charge >= 0.3 is 0 Å². The maximum absolute atomic E-state index is 11.6. The number of amides is 1. The third-order valence-electron chi connectivity index (χ3n) is 3.54. The lowest BCUT2D eigenvalue weighted by Crippen LogP contribution is -2.33. The SMILES string of the molecule is CC(C)=CC(=O)Nc1ccc(N2CCC(C)CC2)nc1. The van der Waals surface area contributed by atoms with Gasteiger partial charge in [-0.25, -0.2) is 4.98 Å². The van der Waals surface area contributed by atoms with E-state index in [4.69, 9.17) is 0 Å². The van der Waals surface area contributed by atoms with Gasteiger partial charge in [-0.15, -0.1) is 0 Å². The Labute approximate surface area is 120 Å². The lowest BCUT2D eigenvalue weighted by atomic mass is 9.99. The summed E-state index contributed by atoms with van der Waals surface area (Å²) in [6.07, 6.45) is 5.76.